The summed E-state index contributed by atoms with van der Waals surface area (Å²) in [5.74, 6) is 0.00470. The van der Waals surface area contributed by atoms with Crippen molar-refractivity contribution < 1.29 is 19.1 Å². The first-order valence-corrected chi connectivity index (χ1v) is 8.98. The van der Waals surface area contributed by atoms with Gasteiger partial charge in [0.05, 0.1) is 12.7 Å². The van der Waals surface area contributed by atoms with Gasteiger partial charge in [-0.15, -0.1) is 0 Å². The molecule has 1 N–H and O–H groups in total. The van der Waals surface area contributed by atoms with Gasteiger partial charge in [0.2, 0.25) is 0 Å². The standard InChI is InChI=1S/C20H21ClN2O4/c1-26-12-19(24)23-9-3-4-13-5-7-15(11-17(13)23)22-20(25)16-10-14(21)6-8-18(16)27-2/h5-8,10-11H,3-4,9,12H2,1-2H3,(H,22,25). The molecule has 1 aliphatic rings. The predicted molar refractivity (Wildman–Crippen MR) is 105 cm³/mol. The zero-order valence-electron chi connectivity index (χ0n) is 15.3. The molecule has 7 heteroatoms. The van der Waals surface area contributed by atoms with Crippen molar-refractivity contribution in [3.63, 3.8) is 0 Å². The number of rotatable bonds is 5. The number of amides is 2. The number of carbonyl (C=O) groups excluding carboxylic acids is 2. The third kappa shape index (κ3) is 4.23. The Morgan fingerprint density at radius 2 is 2.00 bits per heavy atom. The first kappa shape index (κ1) is 19.2. The normalized spacial score (nSPS) is 13.1. The summed E-state index contributed by atoms with van der Waals surface area (Å²) in [6.45, 7) is 0.657. The number of ether oxygens (including phenoxy) is 2. The first-order valence-electron chi connectivity index (χ1n) is 8.60. The third-order valence-electron chi connectivity index (χ3n) is 4.44. The Hall–Kier alpha value is -2.57. The fraction of sp³-hybridized carbons (Fsp3) is 0.300. The zero-order valence-corrected chi connectivity index (χ0v) is 16.0. The maximum absolute atomic E-state index is 12.7. The second kappa shape index (κ2) is 8.41. The topological polar surface area (TPSA) is 67.9 Å². The van der Waals surface area contributed by atoms with Gasteiger partial charge < -0.3 is 19.7 Å². The van der Waals surface area contributed by atoms with Crippen molar-refractivity contribution in [3.8, 4) is 5.75 Å². The highest BCUT2D eigenvalue weighted by atomic mass is 35.5. The molecule has 2 amide bonds. The molecule has 0 spiro atoms. The lowest BCUT2D eigenvalue weighted by molar-refractivity contribution is -0.122. The summed E-state index contributed by atoms with van der Waals surface area (Å²) in [6.07, 6.45) is 1.79. The molecule has 6 nitrogen and oxygen atoms in total. The number of halogens is 1. The van der Waals surface area contributed by atoms with Crippen LogP contribution in [0.25, 0.3) is 0 Å². The molecule has 27 heavy (non-hydrogen) atoms. The molecule has 3 rings (SSSR count). The minimum atomic E-state index is -0.333. The smallest absolute Gasteiger partial charge is 0.259 e. The van der Waals surface area contributed by atoms with Crippen LogP contribution in [0.1, 0.15) is 22.3 Å². The average Bonchev–Trinajstić information content (AvgIpc) is 2.67. The Morgan fingerprint density at radius 1 is 1.19 bits per heavy atom. The molecule has 0 saturated carbocycles. The molecule has 0 unspecified atom stereocenters. The van der Waals surface area contributed by atoms with Crippen LogP contribution in [0.2, 0.25) is 5.02 Å². The van der Waals surface area contributed by atoms with Gasteiger partial charge in [0, 0.05) is 30.1 Å². The van der Waals surface area contributed by atoms with Crippen LogP contribution in [-0.2, 0) is 16.0 Å². The highest BCUT2D eigenvalue weighted by molar-refractivity contribution is 6.31. The minimum Gasteiger partial charge on any atom is -0.496 e. The van der Waals surface area contributed by atoms with Crippen LogP contribution in [0.15, 0.2) is 36.4 Å². The van der Waals surface area contributed by atoms with Crippen molar-refractivity contribution >= 4 is 34.8 Å². The molecule has 1 heterocycles. The number of aryl methyl sites for hydroxylation is 1. The zero-order chi connectivity index (χ0) is 19.4. The second-order valence-electron chi connectivity index (χ2n) is 6.22. The number of nitrogens with one attached hydrogen (secondary N) is 1. The molecule has 0 aliphatic carbocycles. The monoisotopic (exact) mass is 388 g/mol. The van der Waals surface area contributed by atoms with E-state index in [1.165, 1.54) is 14.2 Å². The molecule has 0 fully saturated rings. The Bertz CT molecular complexity index is 869. The Labute approximate surface area is 163 Å². The third-order valence-corrected chi connectivity index (χ3v) is 4.67. The van der Waals surface area contributed by atoms with Gasteiger partial charge in [-0.25, -0.2) is 0 Å². The van der Waals surface area contributed by atoms with Gasteiger partial charge in [-0.2, -0.15) is 0 Å². The molecule has 0 radical (unpaired) electrons. The van der Waals surface area contributed by atoms with Crippen LogP contribution in [-0.4, -0.2) is 39.2 Å². The van der Waals surface area contributed by atoms with Gasteiger partial charge in [-0.05, 0) is 48.7 Å². The van der Waals surface area contributed by atoms with E-state index in [4.69, 9.17) is 21.1 Å². The molecule has 0 atom stereocenters. The lowest BCUT2D eigenvalue weighted by Gasteiger charge is -2.30. The van der Waals surface area contributed by atoms with Crippen molar-refractivity contribution in [1.82, 2.24) is 0 Å². The van der Waals surface area contributed by atoms with E-state index >= 15 is 0 Å². The number of fused-ring (bicyclic) bond motifs is 1. The summed E-state index contributed by atoms with van der Waals surface area (Å²) in [7, 11) is 3.00. The maximum Gasteiger partial charge on any atom is 0.259 e. The highest BCUT2D eigenvalue weighted by Crippen LogP contribution is 2.31. The van der Waals surface area contributed by atoms with Crippen LogP contribution < -0.4 is 15.0 Å². The van der Waals surface area contributed by atoms with Crippen molar-refractivity contribution in [2.24, 2.45) is 0 Å². The summed E-state index contributed by atoms with van der Waals surface area (Å²) < 4.78 is 10.2. The number of carbonyl (C=O) groups is 2. The largest absolute Gasteiger partial charge is 0.496 e. The summed E-state index contributed by atoms with van der Waals surface area (Å²) in [5.41, 5.74) is 2.82. The molecule has 1 aliphatic heterocycles. The van der Waals surface area contributed by atoms with Crippen LogP contribution in [0, 0.1) is 0 Å². The molecule has 0 aromatic heterocycles. The number of benzene rings is 2. The van der Waals surface area contributed by atoms with Crippen LogP contribution in [0.4, 0.5) is 11.4 Å². The summed E-state index contributed by atoms with van der Waals surface area (Å²) in [4.78, 5) is 26.7. The van der Waals surface area contributed by atoms with E-state index in [-0.39, 0.29) is 18.4 Å². The number of anilines is 2. The van der Waals surface area contributed by atoms with E-state index < -0.39 is 0 Å². The van der Waals surface area contributed by atoms with Gasteiger partial charge in [0.25, 0.3) is 11.8 Å². The molecular formula is C20H21ClN2O4. The van der Waals surface area contributed by atoms with E-state index in [0.717, 1.165) is 24.1 Å². The number of hydrogen-bond acceptors (Lipinski definition) is 4. The van der Waals surface area contributed by atoms with Crippen molar-refractivity contribution in [1.29, 1.82) is 0 Å². The van der Waals surface area contributed by atoms with E-state index in [1.807, 2.05) is 18.2 Å². The van der Waals surface area contributed by atoms with Gasteiger partial charge in [-0.1, -0.05) is 17.7 Å². The highest BCUT2D eigenvalue weighted by Gasteiger charge is 2.23. The number of methoxy groups -OCH3 is 2. The fourth-order valence-electron chi connectivity index (χ4n) is 3.17. The first-order chi connectivity index (χ1) is 13.0. The Kier molecular flexibility index (Phi) is 5.98. The molecule has 2 aromatic rings. The second-order valence-corrected chi connectivity index (χ2v) is 6.66. The summed E-state index contributed by atoms with van der Waals surface area (Å²) >= 11 is 6.01. The lowest BCUT2D eigenvalue weighted by atomic mass is 10.0. The molecule has 2 aromatic carbocycles. The van der Waals surface area contributed by atoms with Crippen LogP contribution >= 0.6 is 11.6 Å². The molecule has 0 saturated heterocycles. The quantitative estimate of drug-likeness (QED) is 0.850. The van der Waals surface area contributed by atoms with Crippen LogP contribution in [0.5, 0.6) is 5.75 Å². The van der Waals surface area contributed by atoms with Crippen molar-refractivity contribution in [3.05, 3.63) is 52.5 Å². The SMILES string of the molecule is COCC(=O)N1CCCc2ccc(NC(=O)c3cc(Cl)ccc3OC)cc21. The maximum atomic E-state index is 12.7. The van der Waals surface area contributed by atoms with Gasteiger partial charge >= 0.3 is 0 Å². The van der Waals surface area contributed by atoms with Gasteiger partial charge in [0.15, 0.2) is 0 Å². The Balaban J connectivity index is 1.87. The number of nitrogens with zero attached hydrogens (tertiary/aromatic N) is 1. The number of hydrogen-bond donors (Lipinski definition) is 1. The summed E-state index contributed by atoms with van der Waals surface area (Å²) in [6, 6.07) is 10.5. The van der Waals surface area contributed by atoms with E-state index in [9.17, 15) is 9.59 Å². The fourth-order valence-corrected chi connectivity index (χ4v) is 3.34. The molecule has 0 bridgehead atoms. The van der Waals surface area contributed by atoms with Crippen molar-refractivity contribution in [2.75, 3.05) is 37.6 Å². The molecule has 142 valence electrons. The minimum absolute atomic E-state index is 0.0236. The van der Waals surface area contributed by atoms with Crippen molar-refractivity contribution in [2.45, 2.75) is 12.8 Å². The summed E-state index contributed by atoms with van der Waals surface area (Å²) in [5, 5.41) is 3.30. The average molecular weight is 389 g/mol. The van der Waals surface area contributed by atoms with Gasteiger partial charge in [-0.3, -0.25) is 9.59 Å². The lowest BCUT2D eigenvalue weighted by Crippen LogP contribution is -2.37. The van der Waals surface area contributed by atoms with E-state index in [2.05, 4.69) is 5.32 Å². The Morgan fingerprint density at radius 3 is 2.74 bits per heavy atom. The van der Waals surface area contributed by atoms with E-state index in [1.54, 1.807) is 23.1 Å². The van der Waals surface area contributed by atoms with E-state index in [0.29, 0.717) is 28.6 Å². The van der Waals surface area contributed by atoms with Crippen LogP contribution in [0.3, 0.4) is 0 Å². The molecular weight excluding hydrogens is 368 g/mol. The van der Waals surface area contributed by atoms with Gasteiger partial charge in [0.1, 0.15) is 12.4 Å². The predicted octanol–water partition coefficient (Wildman–Crippen LogP) is 3.53.